The van der Waals surface area contributed by atoms with Crippen molar-refractivity contribution in [2.24, 2.45) is 0 Å². The molecule has 102 valence electrons. The zero-order valence-corrected chi connectivity index (χ0v) is 14.1. The Kier molecular flexibility index (Phi) is 5.20. The highest BCUT2D eigenvalue weighted by Gasteiger charge is 2.20. The number of benzene rings is 1. The van der Waals surface area contributed by atoms with E-state index in [-0.39, 0.29) is 6.04 Å². The van der Waals surface area contributed by atoms with Crippen LogP contribution in [0.25, 0.3) is 0 Å². The molecule has 1 aromatic heterocycles. The Morgan fingerprint density at radius 2 is 2.00 bits per heavy atom. The molecule has 1 unspecified atom stereocenters. The van der Waals surface area contributed by atoms with Gasteiger partial charge in [0.25, 0.3) is 0 Å². The Morgan fingerprint density at radius 1 is 1.26 bits per heavy atom. The van der Waals surface area contributed by atoms with Gasteiger partial charge in [0.15, 0.2) is 0 Å². The lowest BCUT2D eigenvalue weighted by atomic mass is 9.97. The molecule has 1 heterocycles. The van der Waals surface area contributed by atoms with Crippen molar-refractivity contribution < 1.29 is 0 Å². The van der Waals surface area contributed by atoms with Gasteiger partial charge < -0.3 is 5.32 Å². The Morgan fingerprint density at radius 3 is 2.58 bits per heavy atom. The molecule has 0 aliphatic carbocycles. The molecule has 0 saturated carbocycles. The average molecular weight is 338 g/mol. The third kappa shape index (κ3) is 3.28. The molecule has 2 aromatic rings. The topological polar surface area (TPSA) is 12.0 Å². The van der Waals surface area contributed by atoms with E-state index in [0.717, 1.165) is 13.0 Å². The monoisotopic (exact) mass is 337 g/mol. The Hall–Kier alpha value is -0.640. The van der Waals surface area contributed by atoms with Gasteiger partial charge in [-0.3, -0.25) is 0 Å². The van der Waals surface area contributed by atoms with Gasteiger partial charge in [0.2, 0.25) is 0 Å². The standard InChI is InChI=1S/C16H20BrNS/c1-4-12-8-6-7-9-13(12)15(18-5-2)16-14(17)10-11(3)19-16/h6-10,15,18H,4-5H2,1-3H3. The zero-order valence-electron chi connectivity index (χ0n) is 11.7. The van der Waals surface area contributed by atoms with Crippen LogP contribution in [0.3, 0.4) is 0 Å². The van der Waals surface area contributed by atoms with Crippen molar-refractivity contribution in [3.05, 3.63) is 55.7 Å². The van der Waals surface area contributed by atoms with E-state index in [2.05, 4.69) is 72.3 Å². The van der Waals surface area contributed by atoms with Gasteiger partial charge in [0, 0.05) is 14.2 Å². The van der Waals surface area contributed by atoms with Gasteiger partial charge in [-0.25, -0.2) is 0 Å². The van der Waals surface area contributed by atoms with Crippen molar-refractivity contribution in [2.45, 2.75) is 33.2 Å². The van der Waals surface area contributed by atoms with Gasteiger partial charge in [-0.1, -0.05) is 38.1 Å². The fourth-order valence-corrected chi connectivity index (χ4v) is 4.36. The summed E-state index contributed by atoms with van der Waals surface area (Å²) in [5, 5.41) is 3.62. The molecule has 0 fully saturated rings. The molecule has 1 aromatic carbocycles. The lowest BCUT2D eigenvalue weighted by Crippen LogP contribution is -2.22. The predicted molar refractivity (Wildman–Crippen MR) is 88.1 cm³/mol. The van der Waals surface area contributed by atoms with Crippen molar-refractivity contribution >= 4 is 27.3 Å². The number of thiophene rings is 1. The molecule has 0 amide bonds. The third-order valence-corrected chi connectivity index (χ3v) is 5.29. The summed E-state index contributed by atoms with van der Waals surface area (Å²) in [5.74, 6) is 0. The molecule has 0 bridgehead atoms. The Labute approximate surface area is 128 Å². The molecule has 19 heavy (non-hydrogen) atoms. The van der Waals surface area contributed by atoms with Crippen LogP contribution in [-0.2, 0) is 6.42 Å². The van der Waals surface area contributed by atoms with Crippen molar-refractivity contribution in [3.8, 4) is 0 Å². The molecule has 0 aliphatic rings. The van der Waals surface area contributed by atoms with E-state index in [1.165, 1.54) is 25.4 Å². The van der Waals surface area contributed by atoms with E-state index >= 15 is 0 Å². The summed E-state index contributed by atoms with van der Waals surface area (Å²) in [4.78, 5) is 2.72. The van der Waals surface area contributed by atoms with Gasteiger partial charge in [0.1, 0.15) is 0 Å². The number of aryl methyl sites for hydroxylation is 2. The minimum absolute atomic E-state index is 0.286. The molecule has 0 spiro atoms. The predicted octanol–water partition coefficient (Wildman–Crippen LogP) is 5.08. The lowest BCUT2D eigenvalue weighted by Gasteiger charge is -2.20. The number of nitrogens with one attached hydrogen (secondary N) is 1. The van der Waals surface area contributed by atoms with E-state index in [4.69, 9.17) is 0 Å². The smallest absolute Gasteiger partial charge is 0.0685 e. The van der Waals surface area contributed by atoms with Gasteiger partial charge in [0.05, 0.1) is 6.04 Å². The second-order valence-electron chi connectivity index (χ2n) is 4.61. The summed E-state index contributed by atoms with van der Waals surface area (Å²) in [7, 11) is 0. The summed E-state index contributed by atoms with van der Waals surface area (Å²) in [6.07, 6.45) is 1.07. The molecular weight excluding hydrogens is 318 g/mol. The Bertz CT molecular complexity index is 547. The number of halogens is 1. The second kappa shape index (κ2) is 6.69. The van der Waals surface area contributed by atoms with E-state index < -0.39 is 0 Å². The minimum Gasteiger partial charge on any atom is -0.306 e. The summed E-state index contributed by atoms with van der Waals surface area (Å²) in [6, 6.07) is 11.2. The zero-order chi connectivity index (χ0) is 13.8. The quantitative estimate of drug-likeness (QED) is 0.802. The van der Waals surface area contributed by atoms with Crippen LogP contribution >= 0.6 is 27.3 Å². The normalized spacial score (nSPS) is 12.6. The summed E-state index contributed by atoms with van der Waals surface area (Å²) < 4.78 is 1.21. The van der Waals surface area contributed by atoms with Crippen LogP contribution in [0.1, 0.15) is 40.8 Å². The lowest BCUT2D eigenvalue weighted by molar-refractivity contribution is 0.633. The number of hydrogen-bond acceptors (Lipinski definition) is 2. The first-order chi connectivity index (χ1) is 9.17. The average Bonchev–Trinajstić information content (AvgIpc) is 2.75. The van der Waals surface area contributed by atoms with Gasteiger partial charge >= 0.3 is 0 Å². The molecule has 1 nitrogen and oxygen atoms in total. The summed E-state index contributed by atoms with van der Waals surface area (Å²) in [6.45, 7) is 7.51. The van der Waals surface area contributed by atoms with Crippen LogP contribution in [0.2, 0.25) is 0 Å². The molecule has 2 rings (SSSR count). The fourth-order valence-electron chi connectivity index (χ4n) is 2.38. The fraction of sp³-hybridized carbons (Fsp3) is 0.375. The summed E-state index contributed by atoms with van der Waals surface area (Å²) >= 11 is 5.57. The van der Waals surface area contributed by atoms with Crippen LogP contribution < -0.4 is 5.32 Å². The van der Waals surface area contributed by atoms with E-state index in [1.54, 1.807) is 0 Å². The number of hydrogen-bond donors (Lipinski definition) is 1. The van der Waals surface area contributed by atoms with Crippen LogP contribution in [0.4, 0.5) is 0 Å². The highest BCUT2D eigenvalue weighted by molar-refractivity contribution is 9.10. The highest BCUT2D eigenvalue weighted by atomic mass is 79.9. The van der Waals surface area contributed by atoms with Crippen LogP contribution in [0.5, 0.6) is 0 Å². The maximum Gasteiger partial charge on any atom is 0.0685 e. The van der Waals surface area contributed by atoms with Crippen molar-refractivity contribution in [3.63, 3.8) is 0 Å². The van der Waals surface area contributed by atoms with Crippen LogP contribution in [0, 0.1) is 6.92 Å². The molecule has 3 heteroatoms. The maximum atomic E-state index is 3.70. The largest absolute Gasteiger partial charge is 0.306 e. The summed E-state index contributed by atoms with van der Waals surface area (Å²) in [5.41, 5.74) is 2.82. The van der Waals surface area contributed by atoms with Crippen molar-refractivity contribution in [2.75, 3.05) is 6.54 Å². The van der Waals surface area contributed by atoms with Crippen LogP contribution in [0.15, 0.2) is 34.8 Å². The van der Waals surface area contributed by atoms with Gasteiger partial charge in [-0.15, -0.1) is 11.3 Å². The van der Waals surface area contributed by atoms with Gasteiger partial charge in [-0.05, 0) is 53.0 Å². The first-order valence-electron chi connectivity index (χ1n) is 6.74. The molecule has 1 atom stereocenters. The third-order valence-electron chi connectivity index (χ3n) is 3.25. The van der Waals surface area contributed by atoms with Gasteiger partial charge in [-0.2, -0.15) is 0 Å². The first-order valence-corrected chi connectivity index (χ1v) is 8.35. The highest BCUT2D eigenvalue weighted by Crippen LogP contribution is 2.36. The molecule has 1 N–H and O–H groups in total. The molecular formula is C16H20BrNS. The van der Waals surface area contributed by atoms with Crippen molar-refractivity contribution in [1.29, 1.82) is 0 Å². The first kappa shape index (κ1) is 14.8. The molecule has 0 aliphatic heterocycles. The van der Waals surface area contributed by atoms with Crippen LogP contribution in [-0.4, -0.2) is 6.54 Å². The number of rotatable bonds is 5. The van der Waals surface area contributed by atoms with E-state index in [0.29, 0.717) is 0 Å². The van der Waals surface area contributed by atoms with E-state index in [1.807, 2.05) is 11.3 Å². The van der Waals surface area contributed by atoms with Crippen molar-refractivity contribution in [1.82, 2.24) is 5.32 Å². The maximum absolute atomic E-state index is 3.70. The second-order valence-corrected chi connectivity index (χ2v) is 6.75. The molecule has 0 saturated heterocycles. The molecule has 0 radical (unpaired) electrons. The van der Waals surface area contributed by atoms with E-state index in [9.17, 15) is 0 Å². The minimum atomic E-state index is 0.286. The Balaban J connectivity index is 2.48. The SMILES string of the molecule is CCNC(c1ccccc1CC)c1sc(C)cc1Br.